The number of ketones is 1. The van der Waals surface area contributed by atoms with E-state index in [2.05, 4.69) is 5.32 Å². The SMILES string of the molecule is CCOc1cc(/C=C/C(=O)c2cccc(O)c2)ccc1OCC(=O)Nc1ccccc1. The Labute approximate surface area is 180 Å². The quantitative estimate of drug-likeness (QED) is 0.389. The maximum atomic E-state index is 12.3. The number of hydrogen-bond acceptors (Lipinski definition) is 5. The highest BCUT2D eigenvalue weighted by atomic mass is 16.5. The normalized spacial score (nSPS) is 10.6. The van der Waals surface area contributed by atoms with Crippen molar-refractivity contribution in [2.45, 2.75) is 6.92 Å². The molecule has 0 atom stereocenters. The van der Waals surface area contributed by atoms with E-state index < -0.39 is 0 Å². The molecule has 3 aromatic carbocycles. The van der Waals surface area contributed by atoms with E-state index in [9.17, 15) is 14.7 Å². The van der Waals surface area contributed by atoms with Crippen molar-refractivity contribution < 1.29 is 24.2 Å². The molecule has 1 amide bonds. The first-order valence-electron chi connectivity index (χ1n) is 9.81. The van der Waals surface area contributed by atoms with Crippen LogP contribution < -0.4 is 14.8 Å². The van der Waals surface area contributed by atoms with E-state index in [1.807, 2.05) is 25.1 Å². The second-order valence-corrected chi connectivity index (χ2v) is 6.59. The molecular weight excluding hydrogens is 394 g/mol. The second kappa shape index (κ2) is 10.6. The van der Waals surface area contributed by atoms with Crippen molar-refractivity contribution >= 4 is 23.5 Å². The Morgan fingerprint density at radius 2 is 1.74 bits per heavy atom. The number of phenols is 1. The lowest BCUT2D eigenvalue weighted by Gasteiger charge is -2.12. The van der Waals surface area contributed by atoms with Gasteiger partial charge in [-0.2, -0.15) is 0 Å². The van der Waals surface area contributed by atoms with Crippen molar-refractivity contribution in [3.63, 3.8) is 0 Å². The van der Waals surface area contributed by atoms with Crippen LogP contribution in [0, 0.1) is 0 Å². The van der Waals surface area contributed by atoms with Crippen molar-refractivity contribution in [3.8, 4) is 17.2 Å². The van der Waals surface area contributed by atoms with Crippen LogP contribution in [0.5, 0.6) is 17.2 Å². The minimum Gasteiger partial charge on any atom is -0.508 e. The molecule has 31 heavy (non-hydrogen) atoms. The van der Waals surface area contributed by atoms with E-state index in [1.54, 1.807) is 48.5 Å². The minimum atomic E-state index is -0.283. The number of benzene rings is 3. The Morgan fingerprint density at radius 3 is 2.48 bits per heavy atom. The molecule has 0 saturated carbocycles. The van der Waals surface area contributed by atoms with E-state index in [1.165, 1.54) is 18.2 Å². The average Bonchev–Trinajstić information content (AvgIpc) is 2.77. The Kier molecular flexibility index (Phi) is 7.43. The molecule has 0 spiro atoms. The molecule has 6 heteroatoms. The predicted octanol–water partition coefficient (Wildman–Crippen LogP) is 4.70. The molecule has 2 N–H and O–H groups in total. The van der Waals surface area contributed by atoms with Gasteiger partial charge in [0.2, 0.25) is 0 Å². The highest BCUT2D eigenvalue weighted by molar-refractivity contribution is 6.07. The van der Waals surface area contributed by atoms with Crippen LogP contribution in [0.15, 0.2) is 78.9 Å². The number of para-hydroxylation sites is 1. The molecule has 3 rings (SSSR count). The molecule has 0 bridgehead atoms. The maximum Gasteiger partial charge on any atom is 0.262 e. The van der Waals surface area contributed by atoms with Gasteiger partial charge in [0.25, 0.3) is 5.91 Å². The molecule has 0 aromatic heterocycles. The Hall–Kier alpha value is -4.06. The number of rotatable bonds is 9. The second-order valence-electron chi connectivity index (χ2n) is 6.59. The lowest BCUT2D eigenvalue weighted by atomic mass is 10.1. The third-order valence-electron chi connectivity index (χ3n) is 4.24. The number of ether oxygens (including phenoxy) is 2. The molecule has 0 aliphatic rings. The summed E-state index contributed by atoms with van der Waals surface area (Å²) in [6.07, 6.45) is 3.08. The smallest absolute Gasteiger partial charge is 0.262 e. The largest absolute Gasteiger partial charge is 0.508 e. The topological polar surface area (TPSA) is 84.9 Å². The number of hydrogen-bond donors (Lipinski definition) is 2. The number of phenolic OH excluding ortho intramolecular Hbond substituents is 1. The van der Waals surface area contributed by atoms with Crippen LogP contribution in [0.25, 0.3) is 6.08 Å². The zero-order valence-corrected chi connectivity index (χ0v) is 17.1. The lowest BCUT2D eigenvalue weighted by Crippen LogP contribution is -2.20. The number of aromatic hydroxyl groups is 1. The summed E-state index contributed by atoms with van der Waals surface area (Å²) in [4.78, 5) is 24.4. The average molecular weight is 417 g/mol. The highest BCUT2D eigenvalue weighted by Crippen LogP contribution is 2.29. The van der Waals surface area contributed by atoms with Crippen molar-refractivity contribution in [1.29, 1.82) is 0 Å². The summed E-state index contributed by atoms with van der Waals surface area (Å²) in [5.74, 6) is 0.431. The van der Waals surface area contributed by atoms with Crippen LogP contribution in [0.1, 0.15) is 22.8 Å². The zero-order chi connectivity index (χ0) is 22.1. The summed E-state index contributed by atoms with van der Waals surface area (Å²) in [6, 6.07) is 20.5. The van der Waals surface area contributed by atoms with Crippen LogP contribution in [0.3, 0.4) is 0 Å². The number of nitrogens with one attached hydrogen (secondary N) is 1. The van der Waals surface area contributed by atoms with E-state index in [-0.39, 0.29) is 24.0 Å². The number of carbonyl (C=O) groups is 2. The van der Waals surface area contributed by atoms with Gasteiger partial charge >= 0.3 is 0 Å². The van der Waals surface area contributed by atoms with Gasteiger partial charge in [0.15, 0.2) is 23.9 Å². The molecule has 0 aliphatic carbocycles. The summed E-state index contributed by atoms with van der Waals surface area (Å²) >= 11 is 0. The predicted molar refractivity (Wildman–Crippen MR) is 120 cm³/mol. The first-order chi connectivity index (χ1) is 15.0. The number of anilines is 1. The molecule has 6 nitrogen and oxygen atoms in total. The van der Waals surface area contributed by atoms with Crippen LogP contribution in [0.4, 0.5) is 5.69 Å². The van der Waals surface area contributed by atoms with Gasteiger partial charge in [-0.3, -0.25) is 9.59 Å². The van der Waals surface area contributed by atoms with Crippen LogP contribution in [0.2, 0.25) is 0 Å². The van der Waals surface area contributed by atoms with Crippen molar-refractivity contribution in [3.05, 3.63) is 90.0 Å². The van der Waals surface area contributed by atoms with Gasteiger partial charge in [0, 0.05) is 11.3 Å². The first kappa shape index (κ1) is 21.6. The van der Waals surface area contributed by atoms with Crippen LogP contribution in [-0.4, -0.2) is 30.0 Å². The number of carbonyl (C=O) groups excluding carboxylic acids is 2. The molecule has 0 aliphatic heterocycles. The summed E-state index contributed by atoms with van der Waals surface area (Å²) in [5, 5.41) is 12.3. The van der Waals surface area contributed by atoms with Crippen LogP contribution >= 0.6 is 0 Å². The van der Waals surface area contributed by atoms with E-state index in [0.29, 0.717) is 29.4 Å². The molecule has 0 heterocycles. The number of amides is 1. The summed E-state index contributed by atoms with van der Waals surface area (Å²) in [7, 11) is 0. The lowest BCUT2D eigenvalue weighted by molar-refractivity contribution is -0.118. The third-order valence-corrected chi connectivity index (χ3v) is 4.24. The van der Waals surface area contributed by atoms with E-state index in [0.717, 1.165) is 5.56 Å². The standard InChI is InChI=1S/C25H23NO5/c1-2-30-24-15-18(11-13-22(28)19-7-6-10-21(27)16-19)12-14-23(24)31-17-25(29)26-20-8-4-3-5-9-20/h3-16,27H,2,17H2,1H3,(H,26,29)/b13-11+. The minimum absolute atomic E-state index is 0.0377. The fourth-order valence-electron chi connectivity index (χ4n) is 2.81. The molecule has 0 unspecified atom stereocenters. The Morgan fingerprint density at radius 1 is 0.935 bits per heavy atom. The molecule has 0 radical (unpaired) electrons. The Bertz CT molecular complexity index is 1080. The van der Waals surface area contributed by atoms with Crippen LogP contribution in [-0.2, 0) is 4.79 Å². The Balaban J connectivity index is 1.66. The van der Waals surface area contributed by atoms with E-state index in [4.69, 9.17) is 9.47 Å². The van der Waals surface area contributed by atoms with E-state index >= 15 is 0 Å². The van der Waals surface area contributed by atoms with Gasteiger partial charge in [0.05, 0.1) is 6.61 Å². The fraction of sp³-hybridized carbons (Fsp3) is 0.120. The van der Waals surface area contributed by atoms with Gasteiger partial charge in [-0.15, -0.1) is 0 Å². The monoisotopic (exact) mass is 417 g/mol. The molecule has 0 fully saturated rings. The van der Waals surface area contributed by atoms with Crippen molar-refractivity contribution in [2.75, 3.05) is 18.5 Å². The van der Waals surface area contributed by atoms with Gasteiger partial charge in [-0.1, -0.05) is 42.5 Å². The fourth-order valence-corrected chi connectivity index (χ4v) is 2.81. The summed E-state index contributed by atoms with van der Waals surface area (Å²) < 4.78 is 11.3. The van der Waals surface area contributed by atoms with Crippen molar-refractivity contribution in [2.24, 2.45) is 0 Å². The number of allylic oxidation sites excluding steroid dienone is 1. The van der Waals surface area contributed by atoms with Crippen molar-refractivity contribution in [1.82, 2.24) is 0 Å². The molecule has 3 aromatic rings. The maximum absolute atomic E-state index is 12.3. The third kappa shape index (κ3) is 6.47. The summed E-state index contributed by atoms with van der Waals surface area (Å²) in [6.45, 7) is 2.10. The highest BCUT2D eigenvalue weighted by Gasteiger charge is 2.10. The zero-order valence-electron chi connectivity index (χ0n) is 17.1. The molecule has 158 valence electrons. The molecular formula is C25H23NO5. The molecule has 0 saturated heterocycles. The van der Waals surface area contributed by atoms with Gasteiger partial charge < -0.3 is 19.9 Å². The van der Waals surface area contributed by atoms with Gasteiger partial charge in [-0.05, 0) is 55.0 Å². The van der Waals surface area contributed by atoms with Gasteiger partial charge in [0.1, 0.15) is 5.75 Å². The first-order valence-corrected chi connectivity index (χ1v) is 9.81. The summed E-state index contributed by atoms with van der Waals surface area (Å²) in [5.41, 5.74) is 1.82. The van der Waals surface area contributed by atoms with Gasteiger partial charge in [-0.25, -0.2) is 0 Å².